The zero-order valence-corrected chi connectivity index (χ0v) is 13.5. The number of hydrogen-bond acceptors (Lipinski definition) is 3. The summed E-state index contributed by atoms with van der Waals surface area (Å²) in [5.74, 6) is 1.47. The number of carbonyl (C=O) groups is 1. The number of nitrogens with zero attached hydrogens (tertiary/aromatic N) is 1. The van der Waals surface area contributed by atoms with Gasteiger partial charge in [-0.2, -0.15) is 24.9 Å². The Balaban J connectivity index is 1.96. The molecule has 0 radical (unpaired) electrons. The standard InChI is InChI=1S/C15H19F3N2O2S/c1-23-9-11-6-7-20(8-11)14(21)19-12-4-2-3-5-13(12)22-10-15(16,17)18/h2-5,11H,6-10H2,1H3,(H,19,21)/t11-/m0/s1. The van der Waals surface area contributed by atoms with E-state index in [9.17, 15) is 18.0 Å². The number of likely N-dealkylation sites (tertiary alicyclic amines) is 1. The number of alkyl halides is 3. The van der Waals surface area contributed by atoms with Gasteiger partial charge in [0, 0.05) is 13.1 Å². The summed E-state index contributed by atoms with van der Waals surface area (Å²) in [6, 6.07) is 5.82. The Morgan fingerprint density at radius 1 is 1.43 bits per heavy atom. The minimum absolute atomic E-state index is 0.0121. The number of nitrogens with one attached hydrogen (secondary N) is 1. The molecule has 1 fully saturated rings. The van der Waals surface area contributed by atoms with Gasteiger partial charge in [-0.1, -0.05) is 12.1 Å². The molecule has 1 saturated heterocycles. The fraction of sp³-hybridized carbons (Fsp3) is 0.533. The van der Waals surface area contributed by atoms with Gasteiger partial charge in [0.25, 0.3) is 0 Å². The topological polar surface area (TPSA) is 41.6 Å². The lowest BCUT2D eigenvalue weighted by Gasteiger charge is -2.19. The Labute approximate surface area is 137 Å². The van der Waals surface area contributed by atoms with Crippen LogP contribution in [0.15, 0.2) is 24.3 Å². The Morgan fingerprint density at radius 2 is 2.17 bits per heavy atom. The quantitative estimate of drug-likeness (QED) is 0.879. The Bertz CT molecular complexity index is 540. The summed E-state index contributed by atoms with van der Waals surface area (Å²) < 4.78 is 41.6. The molecule has 1 aliphatic heterocycles. The molecule has 1 aliphatic rings. The highest BCUT2D eigenvalue weighted by Crippen LogP contribution is 2.27. The van der Waals surface area contributed by atoms with Crippen LogP contribution in [-0.4, -0.2) is 48.8 Å². The molecule has 0 unspecified atom stereocenters. The first-order valence-corrected chi connectivity index (χ1v) is 8.62. The fourth-order valence-corrected chi connectivity index (χ4v) is 3.18. The zero-order valence-electron chi connectivity index (χ0n) is 12.7. The Hall–Kier alpha value is -1.57. The van der Waals surface area contributed by atoms with Crippen molar-refractivity contribution in [3.63, 3.8) is 0 Å². The molecule has 0 aliphatic carbocycles. The highest BCUT2D eigenvalue weighted by atomic mass is 32.2. The first kappa shape index (κ1) is 17.8. The second kappa shape index (κ2) is 7.81. The van der Waals surface area contributed by atoms with E-state index in [2.05, 4.69) is 5.32 Å². The van der Waals surface area contributed by atoms with Gasteiger partial charge in [-0.3, -0.25) is 0 Å². The van der Waals surface area contributed by atoms with Crippen molar-refractivity contribution in [1.29, 1.82) is 0 Å². The number of para-hydroxylation sites is 2. The normalized spacial score (nSPS) is 18.1. The molecular weight excluding hydrogens is 329 g/mol. The Kier molecular flexibility index (Phi) is 6.04. The van der Waals surface area contributed by atoms with E-state index in [1.54, 1.807) is 28.8 Å². The third-order valence-electron chi connectivity index (χ3n) is 3.50. The average molecular weight is 348 g/mol. The van der Waals surface area contributed by atoms with Crippen molar-refractivity contribution in [2.24, 2.45) is 5.92 Å². The van der Waals surface area contributed by atoms with Crippen LogP contribution in [0.4, 0.5) is 23.7 Å². The van der Waals surface area contributed by atoms with Crippen molar-refractivity contribution in [2.75, 3.05) is 37.0 Å². The molecule has 1 heterocycles. The van der Waals surface area contributed by atoms with Gasteiger partial charge in [0.2, 0.25) is 0 Å². The largest absolute Gasteiger partial charge is 0.482 e. The summed E-state index contributed by atoms with van der Waals surface area (Å²) >= 11 is 1.74. The van der Waals surface area contributed by atoms with Gasteiger partial charge in [-0.25, -0.2) is 4.79 Å². The number of benzene rings is 1. The molecule has 128 valence electrons. The predicted molar refractivity (Wildman–Crippen MR) is 85.1 cm³/mol. The predicted octanol–water partition coefficient (Wildman–Crippen LogP) is 3.84. The smallest absolute Gasteiger partial charge is 0.422 e. The molecule has 0 aromatic heterocycles. The summed E-state index contributed by atoms with van der Waals surface area (Å²) in [6.45, 7) is -0.0692. The first-order chi connectivity index (χ1) is 10.9. The highest BCUT2D eigenvalue weighted by molar-refractivity contribution is 7.98. The van der Waals surface area contributed by atoms with Crippen LogP contribution in [0.2, 0.25) is 0 Å². The molecule has 0 saturated carbocycles. The average Bonchev–Trinajstić information content (AvgIpc) is 2.95. The molecule has 1 aromatic rings. The van der Waals surface area contributed by atoms with Crippen molar-refractivity contribution in [2.45, 2.75) is 12.6 Å². The number of anilines is 1. The van der Waals surface area contributed by atoms with Crippen molar-refractivity contribution in [1.82, 2.24) is 4.90 Å². The number of ether oxygens (including phenoxy) is 1. The number of urea groups is 1. The number of rotatable bonds is 5. The minimum Gasteiger partial charge on any atom is -0.482 e. The first-order valence-electron chi connectivity index (χ1n) is 7.22. The van der Waals surface area contributed by atoms with E-state index in [1.807, 2.05) is 6.26 Å². The maximum atomic E-state index is 12.3. The van der Waals surface area contributed by atoms with E-state index in [4.69, 9.17) is 4.74 Å². The fourth-order valence-electron chi connectivity index (χ4n) is 2.44. The van der Waals surface area contributed by atoms with Gasteiger partial charge in [0.1, 0.15) is 5.75 Å². The molecule has 1 atom stereocenters. The van der Waals surface area contributed by atoms with Gasteiger partial charge >= 0.3 is 12.2 Å². The van der Waals surface area contributed by atoms with E-state index in [1.165, 1.54) is 12.1 Å². The highest BCUT2D eigenvalue weighted by Gasteiger charge is 2.29. The van der Waals surface area contributed by atoms with E-state index in [0.29, 0.717) is 19.0 Å². The lowest BCUT2D eigenvalue weighted by molar-refractivity contribution is -0.153. The van der Waals surface area contributed by atoms with E-state index >= 15 is 0 Å². The Morgan fingerprint density at radius 3 is 2.87 bits per heavy atom. The molecule has 2 amide bonds. The molecule has 1 aromatic carbocycles. The summed E-state index contributed by atoms with van der Waals surface area (Å²) in [7, 11) is 0. The molecule has 8 heteroatoms. The van der Waals surface area contributed by atoms with Gasteiger partial charge in [-0.05, 0) is 36.5 Å². The molecule has 1 N–H and O–H groups in total. The molecule has 4 nitrogen and oxygen atoms in total. The van der Waals surface area contributed by atoms with Crippen LogP contribution in [0, 0.1) is 5.92 Å². The lowest BCUT2D eigenvalue weighted by Crippen LogP contribution is -2.33. The molecule has 23 heavy (non-hydrogen) atoms. The zero-order chi connectivity index (χ0) is 16.9. The summed E-state index contributed by atoms with van der Waals surface area (Å²) in [6.07, 6.45) is -1.45. The van der Waals surface area contributed by atoms with Crippen molar-refractivity contribution < 1.29 is 22.7 Å². The van der Waals surface area contributed by atoms with E-state index < -0.39 is 12.8 Å². The third kappa shape index (κ3) is 5.53. The number of halogens is 3. The molecule has 0 spiro atoms. The van der Waals surface area contributed by atoms with Crippen LogP contribution >= 0.6 is 11.8 Å². The van der Waals surface area contributed by atoms with Gasteiger partial charge in [0.05, 0.1) is 5.69 Å². The van der Waals surface area contributed by atoms with Crippen LogP contribution in [0.5, 0.6) is 5.75 Å². The monoisotopic (exact) mass is 348 g/mol. The summed E-state index contributed by atoms with van der Waals surface area (Å²) in [4.78, 5) is 13.9. The second-order valence-electron chi connectivity index (χ2n) is 5.39. The van der Waals surface area contributed by atoms with Gasteiger partial charge < -0.3 is 15.0 Å². The van der Waals surface area contributed by atoms with E-state index in [-0.39, 0.29) is 17.5 Å². The molecular formula is C15H19F3N2O2S. The SMILES string of the molecule is CSC[C@H]1CCN(C(=O)Nc2ccccc2OCC(F)(F)F)C1. The lowest BCUT2D eigenvalue weighted by atomic mass is 10.2. The second-order valence-corrected chi connectivity index (χ2v) is 6.30. The van der Waals surface area contributed by atoms with Crippen LogP contribution in [0.3, 0.4) is 0 Å². The minimum atomic E-state index is -4.42. The van der Waals surface area contributed by atoms with Crippen molar-refractivity contribution in [3.8, 4) is 5.75 Å². The van der Waals surface area contributed by atoms with Gasteiger partial charge in [0.15, 0.2) is 6.61 Å². The van der Waals surface area contributed by atoms with Crippen molar-refractivity contribution in [3.05, 3.63) is 24.3 Å². The number of amides is 2. The van der Waals surface area contributed by atoms with Crippen LogP contribution in [0.1, 0.15) is 6.42 Å². The number of thioether (sulfide) groups is 1. The van der Waals surface area contributed by atoms with Crippen molar-refractivity contribution >= 4 is 23.5 Å². The molecule has 0 bridgehead atoms. The molecule has 2 rings (SSSR count). The van der Waals surface area contributed by atoms with Crippen LogP contribution in [0.25, 0.3) is 0 Å². The van der Waals surface area contributed by atoms with E-state index in [0.717, 1.165) is 12.2 Å². The number of hydrogen-bond donors (Lipinski definition) is 1. The summed E-state index contributed by atoms with van der Waals surface area (Å²) in [5.41, 5.74) is 0.245. The maximum Gasteiger partial charge on any atom is 0.422 e. The third-order valence-corrected chi connectivity index (χ3v) is 4.30. The summed E-state index contributed by atoms with van der Waals surface area (Å²) in [5, 5.41) is 2.64. The van der Waals surface area contributed by atoms with Crippen LogP contribution in [-0.2, 0) is 0 Å². The number of carbonyl (C=O) groups excluding carboxylic acids is 1. The van der Waals surface area contributed by atoms with Gasteiger partial charge in [-0.15, -0.1) is 0 Å². The maximum absolute atomic E-state index is 12.3. The van der Waals surface area contributed by atoms with Crippen LogP contribution < -0.4 is 10.1 Å².